The maximum absolute atomic E-state index is 12.0. The van der Waals surface area contributed by atoms with Crippen molar-refractivity contribution in [1.82, 2.24) is 4.90 Å². The van der Waals surface area contributed by atoms with Gasteiger partial charge in [-0.2, -0.15) is 0 Å². The lowest BCUT2D eigenvalue weighted by molar-refractivity contribution is -0.132. The van der Waals surface area contributed by atoms with E-state index in [1.54, 1.807) is 37.6 Å². The predicted octanol–water partition coefficient (Wildman–Crippen LogP) is 1.50. The molecular weight excluding hydrogens is 210 g/mol. The van der Waals surface area contributed by atoms with Gasteiger partial charge in [0.15, 0.2) is 0 Å². The largest absolute Gasteiger partial charge is 0.389 e. The van der Waals surface area contributed by atoms with Crippen LogP contribution in [0.3, 0.4) is 0 Å². The molecule has 1 unspecified atom stereocenters. The summed E-state index contributed by atoms with van der Waals surface area (Å²) in [6, 6.07) is 0. The van der Waals surface area contributed by atoms with Crippen molar-refractivity contribution in [2.75, 3.05) is 19.3 Å². The Bertz CT molecular complexity index is 219. The molecule has 0 aromatic carbocycles. The second-order valence-corrected chi connectivity index (χ2v) is 6.17. The first kappa shape index (κ1) is 12.8. The van der Waals surface area contributed by atoms with Crippen LogP contribution in [0.5, 0.6) is 0 Å². The molecule has 1 heterocycles. The minimum atomic E-state index is -0.802. The highest BCUT2D eigenvalue weighted by Gasteiger charge is 2.27. The van der Waals surface area contributed by atoms with Gasteiger partial charge in [0.2, 0.25) is 5.91 Å². The minimum absolute atomic E-state index is 0.117. The molecule has 0 spiro atoms. The van der Waals surface area contributed by atoms with E-state index in [-0.39, 0.29) is 11.2 Å². The highest BCUT2D eigenvalue weighted by atomic mass is 32.2. The summed E-state index contributed by atoms with van der Waals surface area (Å²) in [4.78, 5) is 13.6. The maximum Gasteiger partial charge on any atom is 0.235 e. The van der Waals surface area contributed by atoms with E-state index >= 15 is 0 Å². The summed E-state index contributed by atoms with van der Waals surface area (Å²) in [6.07, 6.45) is 3.36. The fourth-order valence-corrected chi connectivity index (χ4v) is 3.15. The van der Waals surface area contributed by atoms with Crippen molar-refractivity contribution in [3.63, 3.8) is 0 Å². The number of hydrogen-bond donors (Lipinski definition) is 1. The minimum Gasteiger partial charge on any atom is -0.389 e. The summed E-state index contributed by atoms with van der Waals surface area (Å²) in [7, 11) is 1.77. The quantitative estimate of drug-likeness (QED) is 0.800. The number of aliphatic hydroxyl groups is 1. The average molecular weight is 231 g/mol. The lowest BCUT2D eigenvalue weighted by atomic mass is 10.1. The Morgan fingerprint density at radius 2 is 2.20 bits per heavy atom. The number of nitrogens with zero attached hydrogens (tertiary/aromatic N) is 1. The topological polar surface area (TPSA) is 40.5 Å². The molecule has 1 saturated heterocycles. The molecule has 1 fully saturated rings. The first-order chi connectivity index (χ1) is 6.90. The van der Waals surface area contributed by atoms with Gasteiger partial charge in [0.05, 0.1) is 10.9 Å². The van der Waals surface area contributed by atoms with Crippen LogP contribution in [0.2, 0.25) is 0 Å². The van der Waals surface area contributed by atoms with Crippen LogP contribution < -0.4 is 0 Å². The molecule has 0 aromatic rings. The summed E-state index contributed by atoms with van der Waals surface area (Å²) in [5, 5.41) is 9.75. The summed E-state index contributed by atoms with van der Waals surface area (Å²) < 4.78 is 0. The Kier molecular flexibility index (Phi) is 4.46. The van der Waals surface area contributed by atoms with Crippen molar-refractivity contribution in [3.8, 4) is 0 Å². The van der Waals surface area contributed by atoms with Gasteiger partial charge < -0.3 is 10.0 Å². The van der Waals surface area contributed by atoms with E-state index in [0.717, 1.165) is 18.6 Å². The van der Waals surface area contributed by atoms with Crippen LogP contribution in [0.15, 0.2) is 0 Å². The van der Waals surface area contributed by atoms with Crippen molar-refractivity contribution in [3.05, 3.63) is 0 Å². The number of thioether (sulfide) groups is 1. The first-order valence-electron chi connectivity index (χ1n) is 5.49. The molecule has 0 radical (unpaired) electrons. The number of carbonyl (C=O) groups excluding carboxylic acids is 1. The molecule has 0 saturated carbocycles. The predicted molar refractivity (Wildman–Crippen MR) is 64.0 cm³/mol. The average Bonchev–Trinajstić information content (AvgIpc) is 2.15. The molecule has 1 atom stereocenters. The second-order valence-electron chi connectivity index (χ2n) is 4.86. The molecule has 3 nitrogen and oxygen atoms in total. The number of carbonyl (C=O) groups is 1. The van der Waals surface area contributed by atoms with Gasteiger partial charge in [0, 0.05) is 13.6 Å². The Hall–Kier alpha value is -0.220. The highest BCUT2D eigenvalue weighted by Crippen LogP contribution is 2.26. The molecule has 88 valence electrons. The fourth-order valence-electron chi connectivity index (χ4n) is 1.84. The lowest BCUT2D eigenvalue weighted by Gasteiger charge is -2.30. The van der Waals surface area contributed by atoms with Gasteiger partial charge >= 0.3 is 0 Å². The van der Waals surface area contributed by atoms with Crippen LogP contribution in [0.4, 0.5) is 0 Å². The Balaban J connectivity index is 2.44. The zero-order valence-electron chi connectivity index (χ0n) is 9.82. The first-order valence-corrected chi connectivity index (χ1v) is 6.54. The van der Waals surface area contributed by atoms with Gasteiger partial charge in [-0.1, -0.05) is 6.42 Å². The molecule has 0 aromatic heterocycles. The monoisotopic (exact) mass is 231 g/mol. The Morgan fingerprint density at radius 3 is 2.67 bits per heavy atom. The third-order valence-corrected chi connectivity index (χ3v) is 3.82. The zero-order valence-corrected chi connectivity index (χ0v) is 10.6. The van der Waals surface area contributed by atoms with Crippen LogP contribution in [0.25, 0.3) is 0 Å². The van der Waals surface area contributed by atoms with E-state index in [2.05, 4.69) is 0 Å². The molecule has 4 heteroatoms. The van der Waals surface area contributed by atoms with E-state index in [1.807, 2.05) is 0 Å². The Labute approximate surface area is 96.2 Å². The number of amides is 1. The molecule has 0 bridgehead atoms. The van der Waals surface area contributed by atoms with Gasteiger partial charge in [-0.05, 0) is 32.4 Å². The van der Waals surface area contributed by atoms with Gasteiger partial charge in [0.25, 0.3) is 0 Å². The van der Waals surface area contributed by atoms with Gasteiger partial charge in [-0.15, -0.1) is 11.8 Å². The molecule has 15 heavy (non-hydrogen) atoms. The van der Waals surface area contributed by atoms with E-state index < -0.39 is 5.60 Å². The summed E-state index contributed by atoms with van der Waals surface area (Å²) in [6.45, 7) is 3.86. The SMILES string of the molecule is CN(CC(C)(C)O)C(=O)C1CCCCS1. The third-order valence-electron chi connectivity index (χ3n) is 2.46. The van der Waals surface area contributed by atoms with E-state index in [4.69, 9.17) is 0 Å². The normalized spacial score (nSPS) is 22.5. The number of hydrogen-bond acceptors (Lipinski definition) is 3. The van der Waals surface area contributed by atoms with E-state index in [0.29, 0.717) is 6.54 Å². The molecule has 1 amide bonds. The Morgan fingerprint density at radius 1 is 1.53 bits per heavy atom. The fraction of sp³-hybridized carbons (Fsp3) is 0.909. The van der Waals surface area contributed by atoms with Gasteiger partial charge in [0.1, 0.15) is 0 Å². The van der Waals surface area contributed by atoms with Crippen molar-refractivity contribution in [2.45, 2.75) is 44.0 Å². The van der Waals surface area contributed by atoms with Crippen LogP contribution in [-0.4, -0.2) is 46.1 Å². The van der Waals surface area contributed by atoms with Crippen molar-refractivity contribution in [2.24, 2.45) is 0 Å². The summed E-state index contributed by atoms with van der Waals surface area (Å²) >= 11 is 1.75. The van der Waals surface area contributed by atoms with Crippen LogP contribution in [-0.2, 0) is 4.79 Å². The number of likely N-dealkylation sites (N-methyl/N-ethyl adjacent to an activating group) is 1. The van der Waals surface area contributed by atoms with Gasteiger partial charge in [-0.3, -0.25) is 4.79 Å². The summed E-state index contributed by atoms with van der Waals surface area (Å²) in [5.74, 6) is 1.26. The molecule has 1 N–H and O–H groups in total. The lowest BCUT2D eigenvalue weighted by Crippen LogP contribution is -2.43. The van der Waals surface area contributed by atoms with Crippen molar-refractivity contribution in [1.29, 1.82) is 0 Å². The molecule has 1 rings (SSSR count). The van der Waals surface area contributed by atoms with E-state index in [1.165, 1.54) is 6.42 Å². The van der Waals surface area contributed by atoms with Gasteiger partial charge in [-0.25, -0.2) is 0 Å². The smallest absolute Gasteiger partial charge is 0.235 e. The third kappa shape index (κ3) is 4.43. The highest BCUT2D eigenvalue weighted by molar-refractivity contribution is 8.00. The summed E-state index contributed by atoms with van der Waals surface area (Å²) in [5.41, 5.74) is -0.802. The standard InChI is InChI=1S/C11H21NO2S/c1-11(2,14)8-12(3)10(13)9-6-4-5-7-15-9/h9,14H,4-8H2,1-3H3. The molecule has 1 aliphatic heterocycles. The maximum atomic E-state index is 12.0. The van der Waals surface area contributed by atoms with Crippen LogP contribution in [0.1, 0.15) is 33.1 Å². The molecule has 1 aliphatic rings. The number of rotatable bonds is 3. The molecule has 0 aliphatic carbocycles. The van der Waals surface area contributed by atoms with Crippen LogP contribution in [0, 0.1) is 0 Å². The van der Waals surface area contributed by atoms with Crippen molar-refractivity contribution < 1.29 is 9.90 Å². The van der Waals surface area contributed by atoms with Crippen molar-refractivity contribution >= 4 is 17.7 Å². The van der Waals surface area contributed by atoms with Crippen LogP contribution >= 0.6 is 11.8 Å². The second kappa shape index (κ2) is 5.21. The zero-order chi connectivity index (χ0) is 11.5. The van der Waals surface area contributed by atoms with E-state index in [9.17, 15) is 9.90 Å². The molecular formula is C11H21NO2S.